The fourth-order valence-electron chi connectivity index (χ4n) is 1.86. The van der Waals surface area contributed by atoms with Crippen molar-refractivity contribution in [3.05, 3.63) is 23.8 Å². The SMILES string of the molecule is CN(C)C(=O)CCCC(=O)Nc1cc(C(=O)O)cc(S(C)(=O)=O)c1. The van der Waals surface area contributed by atoms with Crippen LogP contribution in [0.15, 0.2) is 23.1 Å². The second kappa shape index (κ2) is 7.91. The van der Waals surface area contributed by atoms with Gasteiger partial charge in [-0.15, -0.1) is 0 Å². The highest BCUT2D eigenvalue weighted by Gasteiger charge is 2.15. The van der Waals surface area contributed by atoms with E-state index < -0.39 is 21.7 Å². The smallest absolute Gasteiger partial charge is 0.335 e. The van der Waals surface area contributed by atoms with E-state index in [0.717, 1.165) is 12.3 Å². The van der Waals surface area contributed by atoms with Crippen molar-refractivity contribution in [2.24, 2.45) is 0 Å². The minimum Gasteiger partial charge on any atom is -0.478 e. The summed E-state index contributed by atoms with van der Waals surface area (Å²) < 4.78 is 23.2. The number of carbonyl (C=O) groups excluding carboxylic acids is 2. The van der Waals surface area contributed by atoms with E-state index in [-0.39, 0.29) is 34.9 Å². The number of amides is 2. The first-order valence-electron chi connectivity index (χ1n) is 7.09. The number of hydrogen-bond acceptors (Lipinski definition) is 5. The summed E-state index contributed by atoms with van der Waals surface area (Å²) in [7, 11) is -0.384. The van der Waals surface area contributed by atoms with Crippen LogP contribution in [0.4, 0.5) is 5.69 Å². The maximum absolute atomic E-state index is 11.9. The van der Waals surface area contributed by atoms with Crippen molar-refractivity contribution in [3.63, 3.8) is 0 Å². The van der Waals surface area contributed by atoms with Gasteiger partial charge in [-0.05, 0) is 24.6 Å². The van der Waals surface area contributed by atoms with Gasteiger partial charge in [0, 0.05) is 38.9 Å². The number of carboxylic acids is 1. The van der Waals surface area contributed by atoms with Gasteiger partial charge in [-0.25, -0.2) is 13.2 Å². The molecule has 9 heteroatoms. The number of nitrogens with one attached hydrogen (secondary N) is 1. The predicted molar refractivity (Wildman–Crippen MR) is 87.7 cm³/mol. The summed E-state index contributed by atoms with van der Waals surface area (Å²) >= 11 is 0. The molecule has 0 unspecified atom stereocenters. The minimum absolute atomic E-state index is 0.0606. The first-order valence-corrected chi connectivity index (χ1v) is 8.98. The molecule has 0 heterocycles. The van der Waals surface area contributed by atoms with Gasteiger partial charge in [-0.3, -0.25) is 9.59 Å². The van der Waals surface area contributed by atoms with Crippen LogP contribution in [0.1, 0.15) is 29.6 Å². The number of nitrogens with zero attached hydrogens (tertiary/aromatic N) is 1. The predicted octanol–water partition coefficient (Wildman–Crippen LogP) is 0.985. The van der Waals surface area contributed by atoms with Gasteiger partial charge in [0.25, 0.3) is 0 Å². The van der Waals surface area contributed by atoms with E-state index in [2.05, 4.69) is 5.32 Å². The van der Waals surface area contributed by atoms with Crippen molar-refractivity contribution in [3.8, 4) is 0 Å². The third-order valence-electron chi connectivity index (χ3n) is 3.16. The Kier molecular flexibility index (Phi) is 6.47. The summed E-state index contributed by atoms with van der Waals surface area (Å²) in [6.45, 7) is 0. The second-order valence-electron chi connectivity index (χ2n) is 5.51. The zero-order chi connectivity index (χ0) is 18.5. The number of hydrogen-bond donors (Lipinski definition) is 2. The van der Waals surface area contributed by atoms with Crippen molar-refractivity contribution in [1.82, 2.24) is 4.90 Å². The molecule has 2 N–H and O–H groups in total. The summed E-state index contributed by atoms with van der Waals surface area (Å²) in [5.74, 6) is -1.83. The fourth-order valence-corrected chi connectivity index (χ4v) is 2.54. The first kappa shape index (κ1) is 19.6. The van der Waals surface area contributed by atoms with Gasteiger partial charge in [-0.1, -0.05) is 0 Å². The zero-order valence-corrected chi connectivity index (χ0v) is 14.5. The monoisotopic (exact) mass is 356 g/mol. The number of sulfone groups is 1. The zero-order valence-electron chi connectivity index (χ0n) is 13.7. The first-order chi connectivity index (χ1) is 11.0. The Balaban J connectivity index is 2.83. The van der Waals surface area contributed by atoms with Crippen molar-refractivity contribution >= 4 is 33.3 Å². The average Bonchev–Trinajstić information content (AvgIpc) is 2.45. The molecule has 0 atom stereocenters. The quantitative estimate of drug-likeness (QED) is 0.751. The molecule has 2 amide bonds. The molecular formula is C15H20N2O6S. The Hall–Kier alpha value is -2.42. The van der Waals surface area contributed by atoms with Crippen LogP contribution in [0, 0.1) is 0 Å². The maximum Gasteiger partial charge on any atom is 0.335 e. The molecule has 0 aliphatic rings. The molecule has 24 heavy (non-hydrogen) atoms. The molecule has 1 rings (SSSR count). The highest BCUT2D eigenvalue weighted by Crippen LogP contribution is 2.19. The summed E-state index contributed by atoms with van der Waals surface area (Å²) in [5, 5.41) is 11.5. The summed E-state index contributed by atoms with van der Waals surface area (Å²) in [5.41, 5.74) is -0.157. The van der Waals surface area contributed by atoms with Crippen LogP contribution < -0.4 is 5.32 Å². The van der Waals surface area contributed by atoms with E-state index in [0.29, 0.717) is 6.42 Å². The van der Waals surface area contributed by atoms with Crippen molar-refractivity contribution in [1.29, 1.82) is 0 Å². The number of benzene rings is 1. The van der Waals surface area contributed by atoms with Crippen molar-refractivity contribution in [2.75, 3.05) is 25.7 Å². The molecule has 0 aliphatic carbocycles. The minimum atomic E-state index is -3.62. The Morgan fingerprint density at radius 3 is 2.25 bits per heavy atom. The van der Waals surface area contributed by atoms with Gasteiger partial charge in [0.05, 0.1) is 10.5 Å². The number of carbonyl (C=O) groups is 3. The molecule has 0 aliphatic heterocycles. The normalized spacial score (nSPS) is 11.0. The molecule has 132 valence electrons. The van der Waals surface area contributed by atoms with Crippen LogP contribution in [0.5, 0.6) is 0 Å². The average molecular weight is 356 g/mol. The molecule has 0 saturated carbocycles. The van der Waals surface area contributed by atoms with Crippen LogP contribution in [0.25, 0.3) is 0 Å². The Labute approximate surface area is 140 Å². The van der Waals surface area contributed by atoms with E-state index >= 15 is 0 Å². The van der Waals surface area contributed by atoms with Crippen LogP contribution in [-0.2, 0) is 19.4 Å². The Morgan fingerprint density at radius 2 is 1.75 bits per heavy atom. The Morgan fingerprint density at radius 1 is 1.12 bits per heavy atom. The van der Waals surface area contributed by atoms with E-state index in [4.69, 9.17) is 5.11 Å². The molecule has 1 aromatic rings. The van der Waals surface area contributed by atoms with Gasteiger partial charge in [0.2, 0.25) is 11.8 Å². The lowest BCUT2D eigenvalue weighted by Crippen LogP contribution is -2.22. The van der Waals surface area contributed by atoms with Gasteiger partial charge >= 0.3 is 5.97 Å². The second-order valence-corrected chi connectivity index (χ2v) is 7.53. The summed E-state index contributed by atoms with van der Waals surface area (Å²) in [6, 6.07) is 3.41. The van der Waals surface area contributed by atoms with E-state index in [1.165, 1.54) is 17.0 Å². The molecular weight excluding hydrogens is 336 g/mol. The standard InChI is InChI=1S/C15H20N2O6S/c1-17(2)14(19)6-4-5-13(18)16-11-7-10(15(20)21)8-12(9-11)24(3,22)23/h7-9H,4-6H2,1-3H3,(H,16,18)(H,20,21). The van der Waals surface area contributed by atoms with Crippen molar-refractivity contribution < 1.29 is 27.9 Å². The van der Waals surface area contributed by atoms with Crippen LogP contribution >= 0.6 is 0 Å². The molecule has 1 aromatic carbocycles. The molecule has 0 aromatic heterocycles. The van der Waals surface area contributed by atoms with Gasteiger partial charge in [0.15, 0.2) is 9.84 Å². The number of carboxylic acid groups (broad SMARTS) is 1. The number of anilines is 1. The van der Waals surface area contributed by atoms with Crippen LogP contribution in [0.2, 0.25) is 0 Å². The van der Waals surface area contributed by atoms with Gasteiger partial charge < -0.3 is 15.3 Å². The molecule has 0 spiro atoms. The highest BCUT2D eigenvalue weighted by atomic mass is 32.2. The molecule has 0 fully saturated rings. The largest absolute Gasteiger partial charge is 0.478 e. The summed E-state index contributed by atoms with van der Waals surface area (Å²) in [6.07, 6.45) is 1.56. The van der Waals surface area contributed by atoms with Crippen LogP contribution in [-0.4, -0.2) is 56.6 Å². The van der Waals surface area contributed by atoms with Gasteiger partial charge in [0.1, 0.15) is 0 Å². The number of rotatable bonds is 7. The lowest BCUT2D eigenvalue weighted by molar-refractivity contribution is -0.128. The molecule has 0 saturated heterocycles. The van der Waals surface area contributed by atoms with Crippen LogP contribution in [0.3, 0.4) is 0 Å². The fraction of sp³-hybridized carbons (Fsp3) is 0.400. The number of aromatic carboxylic acids is 1. The van der Waals surface area contributed by atoms with E-state index in [1.807, 2.05) is 0 Å². The third-order valence-corrected chi connectivity index (χ3v) is 4.25. The van der Waals surface area contributed by atoms with E-state index in [9.17, 15) is 22.8 Å². The highest BCUT2D eigenvalue weighted by molar-refractivity contribution is 7.90. The topological polar surface area (TPSA) is 121 Å². The maximum atomic E-state index is 11.9. The lowest BCUT2D eigenvalue weighted by atomic mass is 10.2. The van der Waals surface area contributed by atoms with E-state index in [1.54, 1.807) is 14.1 Å². The third kappa shape index (κ3) is 5.99. The molecule has 0 radical (unpaired) electrons. The molecule has 8 nitrogen and oxygen atoms in total. The summed E-state index contributed by atoms with van der Waals surface area (Å²) in [4.78, 5) is 35.6. The Bertz CT molecular complexity index is 755. The van der Waals surface area contributed by atoms with Crippen molar-refractivity contribution in [2.45, 2.75) is 24.2 Å². The molecule has 0 bridgehead atoms. The van der Waals surface area contributed by atoms with Gasteiger partial charge in [-0.2, -0.15) is 0 Å². The lowest BCUT2D eigenvalue weighted by Gasteiger charge is -2.10.